The number of benzene rings is 2. The van der Waals surface area contributed by atoms with Gasteiger partial charge in [-0.15, -0.1) is 23.1 Å². The summed E-state index contributed by atoms with van der Waals surface area (Å²) in [5.74, 6) is 1.72. The van der Waals surface area contributed by atoms with Gasteiger partial charge in [-0.05, 0) is 114 Å². The van der Waals surface area contributed by atoms with Gasteiger partial charge in [0.1, 0.15) is 34.1 Å². The highest BCUT2D eigenvalue weighted by atomic mass is 32.2. The highest BCUT2D eigenvalue weighted by Crippen LogP contribution is 2.36. The summed E-state index contributed by atoms with van der Waals surface area (Å²) < 4.78 is 17.9. The number of thiophene rings is 1. The highest BCUT2D eigenvalue weighted by Gasteiger charge is 2.27. The van der Waals surface area contributed by atoms with E-state index in [2.05, 4.69) is 6.07 Å². The fraction of sp³-hybridized carbons (Fsp3) is 0.357. The largest absolute Gasteiger partial charge is 0.507 e. The first kappa shape index (κ1) is 39.4. The van der Waals surface area contributed by atoms with Gasteiger partial charge in [-0.1, -0.05) is 48.4 Å². The van der Waals surface area contributed by atoms with E-state index in [0.29, 0.717) is 29.9 Å². The van der Waals surface area contributed by atoms with Crippen LogP contribution in [-0.4, -0.2) is 16.8 Å². The molecule has 9 heteroatoms. The number of hydrogen-bond acceptors (Lipinski definition) is 9. The Morgan fingerprint density at radius 3 is 1.75 bits per heavy atom. The van der Waals surface area contributed by atoms with Crippen LogP contribution in [0.25, 0.3) is 22.3 Å². The zero-order valence-corrected chi connectivity index (χ0v) is 32.9. The van der Waals surface area contributed by atoms with Gasteiger partial charge in [0.05, 0.1) is 9.62 Å². The molecule has 0 radical (unpaired) electrons. The van der Waals surface area contributed by atoms with E-state index in [0.717, 1.165) is 56.7 Å². The molecule has 51 heavy (non-hydrogen) atoms. The van der Waals surface area contributed by atoms with Crippen LogP contribution in [0, 0.1) is 47.0 Å². The van der Waals surface area contributed by atoms with Crippen LogP contribution in [0.5, 0.6) is 11.5 Å². The maximum atomic E-state index is 12.8. The summed E-state index contributed by atoms with van der Waals surface area (Å²) in [5.41, 5.74) is 6.54. The molecule has 5 rings (SSSR count). The molecule has 3 aromatic heterocycles. The van der Waals surface area contributed by atoms with Crippen LogP contribution < -0.4 is 16.0 Å². The molecule has 0 bridgehead atoms. The molecule has 0 unspecified atom stereocenters. The molecule has 1 N–H and O–H groups in total. The summed E-state index contributed by atoms with van der Waals surface area (Å²) >= 11 is 3.41. The molecule has 0 aliphatic rings. The minimum absolute atomic E-state index is 0.0116. The molecule has 7 nitrogen and oxygen atoms in total. The molecule has 270 valence electrons. The highest BCUT2D eigenvalue weighted by molar-refractivity contribution is 8.01. The number of rotatable bonds is 9. The van der Waals surface area contributed by atoms with Crippen LogP contribution in [0.1, 0.15) is 79.0 Å². The quantitative estimate of drug-likeness (QED) is 0.118. The lowest BCUT2D eigenvalue weighted by molar-refractivity contribution is -0.142. The van der Waals surface area contributed by atoms with Crippen molar-refractivity contribution in [2.45, 2.75) is 92.7 Å². The Hall–Kier alpha value is -4.34. The van der Waals surface area contributed by atoms with Gasteiger partial charge in [0.2, 0.25) is 0 Å². The third kappa shape index (κ3) is 9.92. The van der Waals surface area contributed by atoms with Crippen LogP contribution in [0.4, 0.5) is 0 Å². The number of aryl methyl sites for hydroxylation is 8. The standard InChI is InChI=1S/C22H28O4.C20H20O3S2/c1-8-9-16-12-17(26-21(24)22(5,6)7)19(20(23)25-16)18-14(3)10-13(2)11-15(18)4;1-12-9-13(2)18(14(3)10-12)19-16(21)11-15(23-20(19)22)6-8-25-17-5-4-7-24-17/h10-12H,8-9H2,1-7H3;4-5,7,9-11,21H,6,8H2,1-3H3. The second-order valence-electron chi connectivity index (χ2n) is 14.0. The molecule has 0 atom stereocenters. The van der Waals surface area contributed by atoms with Crippen LogP contribution in [0.15, 0.2) is 76.5 Å². The first-order chi connectivity index (χ1) is 24.0. The van der Waals surface area contributed by atoms with Crippen molar-refractivity contribution in [3.8, 4) is 33.8 Å². The van der Waals surface area contributed by atoms with Gasteiger partial charge in [0.15, 0.2) is 0 Å². The normalized spacial score (nSPS) is 11.3. The molecular formula is C42H48O7S2. The van der Waals surface area contributed by atoms with Gasteiger partial charge in [0, 0.05) is 30.7 Å². The zero-order valence-electron chi connectivity index (χ0n) is 31.2. The zero-order chi connectivity index (χ0) is 37.6. The van der Waals surface area contributed by atoms with Crippen molar-refractivity contribution in [2.24, 2.45) is 5.41 Å². The van der Waals surface area contributed by atoms with Crippen LogP contribution in [-0.2, 0) is 17.6 Å². The molecule has 0 spiro atoms. The Morgan fingerprint density at radius 2 is 1.27 bits per heavy atom. The van der Waals surface area contributed by atoms with Gasteiger partial charge in [0.25, 0.3) is 0 Å². The molecule has 0 amide bonds. The summed E-state index contributed by atoms with van der Waals surface area (Å²) in [5, 5.41) is 12.5. The van der Waals surface area contributed by atoms with Crippen molar-refractivity contribution >= 4 is 29.1 Å². The maximum absolute atomic E-state index is 12.8. The van der Waals surface area contributed by atoms with E-state index in [9.17, 15) is 19.5 Å². The van der Waals surface area contributed by atoms with Crippen molar-refractivity contribution in [3.63, 3.8) is 0 Å². The second kappa shape index (κ2) is 16.8. The smallest absolute Gasteiger partial charge is 0.347 e. The van der Waals surface area contributed by atoms with E-state index in [1.54, 1.807) is 56.0 Å². The molecule has 0 aliphatic heterocycles. The summed E-state index contributed by atoms with van der Waals surface area (Å²) in [4.78, 5) is 37.8. The van der Waals surface area contributed by atoms with Gasteiger partial charge < -0.3 is 18.7 Å². The van der Waals surface area contributed by atoms with Gasteiger partial charge in [-0.25, -0.2) is 9.59 Å². The third-order valence-electron chi connectivity index (χ3n) is 8.20. The van der Waals surface area contributed by atoms with E-state index in [1.807, 2.05) is 84.2 Å². The molecule has 0 aliphatic carbocycles. The third-order valence-corrected chi connectivity index (χ3v) is 10.3. The van der Waals surface area contributed by atoms with Crippen molar-refractivity contribution < 1.29 is 23.5 Å². The molecule has 0 saturated heterocycles. The Morgan fingerprint density at radius 1 is 0.765 bits per heavy atom. The Bertz CT molecular complexity index is 2080. The van der Waals surface area contributed by atoms with E-state index in [1.165, 1.54) is 4.21 Å². The van der Waals surface area contributed by atoms with Crippen molar-refractivity contribution in [2.75, 3.05) is 5.75 Å². The number of thioether (sulfide) groups is 1. The number of ether oxygens (including phenoxy) is 1. The Balaban J connectivity index is 0.000000229. The topological polar surface area (TPSA) is 107 Å². The van der Waals surface area contributed by atoms with E-state index < -0.39 is 16.7 Å². The van der Waals surface area contributed by atoms with E-state index >= 15 is 0 Å². The molecule has 5 aromatic rings. The van der Waals surface area contributed by atoms with Crippen LogP contribution >= 0.6 is 23.1 Å². The lowest BCUT2D eigenvalue weighted by Crippen LogP contribution is -2.26. The Labute approximate surface area is 308 Å². The predicted molar refractivity (Wildman–Crippen MR) is 209 cm³/mol. The van der Waals surface area contributed by atoms with Crippen LogP contribution in [0.3, 0.4) is 0 Å². The number of aromatic hydroxyl groups is 1. The lowest BCUT2D eigenvalue weighted by atomic mass is 9.93. The Kier molecular flexibility index (Phi) is 13.0. The molecular weight excluding hydrogens is 681 g/mol. The summed E-state index contributed by atoms with van der Waals surface area (Å²) in [6, 6.07) is 15.4. The molecule has 0 saturated carbocycles. The van der Waals surface area contributed by atoms with Crippen molar-refractivity contribution in [1.29, 1.82) is 0 Å². The first-order valence-corrected chi connectivity index (χ1v) is 18.9. The minimum atomic E-state index is -0.671. The van der Waals surface area contributed by atoms with Crippen molar-refractivity contribution in [1.82, 2.24) is 0 Å². The molecule has 2 aromatic carbocycles. The minimum Gasteiger partial charge on any atom is -0.507 e. The van der Waals surface area contributed by atoms with Gasteiger partial charge in [-0.2, -0.15) is 0 Å². The molecule has 3 heterocycles. The van der Waals surface area contributed by atoms with Gasteiger partial charge >= 0.3 is 17.2 Å². The summed E-state index contributed by atoms with van der Waals surface area (Å²) in [6.07, 6.45) is 2.04. The SMILES string of the molecule is CCCc1cc(OC(=O)C(C)(C)C)c(-c2c(C)cc(C)cc2C)c(=O)o1.Cc1cc(C)c(-c2c(O)cc(CCSc3cccs3)oc2=O)c(C)c1. The van der Waals surface area contributed by atoms with Crippen molar-refractivity contribution in [3.05, 3.63) is 120 Å². The fourth-order valence-corrected chi connectivity index (χ4v) is 7.89. The van der Waals surface area contributed by atoms with Gasteiger partial charge in [-0.3, -0.25) is 4.79 Å². The number of esters is 1. The van der Waals surface area contributed by atoms with Crippen LogP contribution in [0.2, 0.25) is 0 Å². The summed E-state index contributed by atoms with van der Waals surface area (Å²) in [7, 11) is 0. The average molecular weight is 729 g/mol. The average Bonchev–Trinajstić information content (AvgIpc) is 3.52. The maximum Gasteiger partial charge on any atom is 0.347 e. The monoisotopic (exact) mass is 728 g/mol. The first-order valence-electron chi connectivity index (χ1n) is 17.1. The number of hydrogen-bond donors (Lipinski definition) is 1. The van der Waals surface area contributed by atoms with E-state index in [4.69, 9.17) is 13.6 Å². The molecule has 0 fully saturated rings. The number of carbonyl (C=O) groups is 1. The van der Waals surface area contributed by atoms with E-state index in [-0.39, 0.29) is 23.0 Å². The second-order valence-corrected chi connectivity index (χ2v) is 16.3. The predicted octanol–water partition coefficient (Wildman–Crippen LogP) is 10.5. The lowest BCUT2D eigenvalue weighted by Gasteiger charge is -2.19. The number of carbonyl (C=O) groups excluding carboxylic acids is 1. The fourth-order valence-electron chi connectivity index (χ4n) is 6.08. The summed E-state index contributed by atoms with van der Waals surface area (Å²) in [6.45, 7) is 19.2.